The van der Waals surface area contributed by atoms with Crippen LogP contribution < -0.4 is 4.72 Å². The standard InChI is InChI=1S/C10H22ClNOS/c1-9(6-5-7-11)8-12-14(13)10(2,3)4/h9,12H,5-8H2,1-4H3/t9-,14+/m0/s1. The second kappa shape index (κ2) is 6.81. The molecule has 0 heterocycles. The summed E-state index contributed by atoms with van der Waals surface area (Å²) in [6.07, 6.45) is 2.13. The lowest BCUT2D eigenvalue weighted by Crippen LogP contribution is -2.35. The normalized spacial score (nSPS) is 16.6. The molecule has 0 saturated heterocycles. The van der Waals surface area contributed by atoms with Crippen molar-refractivity contribution in [3.8, 4) is 0 Å². The third kappa shape index (κ3) is 6.80. The van der Waals surface area contributed by atoms with Crippen LogP contribution >= 0.6 is 11.6 Å². The third-order valence-electron chi connectivity index (χ3n) is 1.95. The highest BCUT2D eigenvalue weighted by Gasteiger charge is 2.19. The molecule has 0 saturated carbocycles. The van der Waals surface area contributed by atoms with Crippen molar-refractivity contribution in [1.29, 1.82) is 0 Å². The second-order valence-electron chi connectivity index (χ2n) is 4.67. The number of alkyl halides is 1. The molecule has 0 radical (unpaired) electrons. The molecule has 0 aliphatic rings. The van der Waals surface area contributed by atoms with E-state index in [9.17, 15) is 4.21 Å². The van der Waals surface area contributed by atoms with Gasteiger partial charge in [-0.1, -0.05) is 6.92 Å². The van der Waals surface area contributed by atoms with E-state index in [0.29, 0.717) is 11.8 Å². The van der Waals surface area contributed by atoms with E-state index in [1.54, 1.807) is 0 Å². The average molecular weight is 240 g/mol. The lowest BCUT2D eigenvalue weighted by atomic mass is 10.1. The van der Waals surface area contributed by atoms with Crippen LogP contribution in [-0.2, 0) is 11.0 Å². The Bertz CT molecular complexity index is 179. The first kappa shape index (κ1) is 14.4. The number of hydrogen-bond acceptors (Lipinski definition) is 1. The van der Waals surface area contributed by atoms with Crippen LogP contribution in [0.4, 0.5) is 0 Å². The molecule has 2 atom stereocenters. The Balaban J connectivity index is 3.67. The van der Waals surface area contributed by atoms with Gasteiger partial charge in [0, 0.05) is 12.4 Å². The minimum absolute atomic E-state index is 0.174. The van der Waals surface area contributed by atoms with Gasteiger partial charge in [-0.2, -0.15) is 0 Å². The molecule has 14 heavy (non-hydrogen) atoms. The summed E-state index contributed by atoms with van der Waals surface area (Å²) in [4.78, 5) is 0. The van der Waals surface area contributed by atoms with Crippen LogP contribution in [0.25, 0.3) is 0 Å². The van der Waals surface area contributed by atoms with Crippen LogP contribution in [0, 0.1) is 5.92 Å². The van der Waals surface area contributed by atoms with Gasteiger partial charge >= 0.3 is 0 Å². The number of rotatable bonds is 6. The first-order valence-electron chi connectivity index (χ1n) is 5.09. The molecule has 0 aromatic rings. The lowest BCUT2D eigenvalue weighted by Gasteiger charge is -2.20. The van der Waals surface area contributed by atoms with Crippen molar-refractivity contribution < 1.29 is 4.21 Å². The SMILES string of the molecule is C[C@@H](CCCCl)CN[S@](=O)C(C)(C)C. The van der Waals surface area contributed by atoms with Gasteiger partial charge in [-0.25, -0.2) is 8.93 Å². The molecule has 0 aliphatic heterocycles. The molecule has 0 rings (SSSR count). The Hall–Kier alpha value is 0.400. The molecule has 0 aromatic heterocycles. The number of halogens is 1. The van der Waals surface area contributed by atoms with Gasteiger partial charge in [0.2, 0.25) is 0 Å². The zero-order valence-electron chi connectivity index (χ0n) is 9.60. The first-order chi connectivity index (χ1) is 6.38. The van der Waals surface area contributed by atoms with Gasteiger partial charge in [0.15, 0.2) is 0 Å². The van der Waals surface area contributed by atoms with Gasteiger partial charge in [0.25, 0.3) is 0 Å². The quantitative estimate of drug-likeness (QED) is 0.710. The third-order valence-corrected chi connectivity index (χ3v) is 3.76. The smallest absolute Gasteiger partial charge is 0.0970 e. The van der Waals surface area contributed by atoms with Gasteiger partial charge in [0.1, 0.15) is 0 Å². The van der Waals surface area contributed by atoms with Crippen LogP contribution in [0.15, 0.2) is 0 Å². The van der Waals surface area contributed by atoms with Crippen molar-refractivity contribution in [2.75, 3.05) is 12.4 Å². The highest BCUT2D eigenvalue weighted by atomic mass is 35.5. The maximum absolute atomic E-state index is 11.6. The lowest BCUT2D eigenvalue weighted by molar-refractivity contribution is 0.515. The van der Waals surface area contributed by atoms with E-state index in [2.05, 4.69) is 11.6 Å². The van der Waals surface area contributed by atoms with E-state index >= 15 is 0 Å². The molecule has 0 amide bonds. The maximum Gasteiger partial charge on any atom is 0.0970 e. The zero-order valence-corrected chi connectivity index (χ0v) is 11.2. The summed E-state index contributed by atoms with van der Waals surface area (Å²) >= 11 is 5.60. The van der Waals surface area contributed by atoms with E-state index in [0.717, 1.165) is 19.4 Å². The zero-order chi connectivity index (χ0) is 11.2. The molecule has 1 N–H and O–H groups in total. The molecule has 86 valence electrons. The Morgan fingerprint density at radius 1 is 1.43 bits per heavy atom. The molecular weight excluding hydrogens is 218 g/mol. The largest absolute Gasteiger partial charge is 0.242 e. The van der Waals surface area contributed by atoms with Crippen molar-refractivity contribution in [3.05, 3.63) is 0 Å². The van der Waals surface area contributed by atoms with Gasteiger partial charge in [-0.3, -0.25) is 0 Å². The Morgan fingerprint density at radius 2 is 2.00 bits per heavy atom. The Labute approximate surface area is 95.4 Å². The van der Waals surface area contributed by atoms with Crippen molar-refractivity contribution in [2.45, 2.75) is 45.3 Å². The maximum atomic E-state index is 11.6. The van der Waals surface area contributed by atoms with Gasteiger partial charge in [0.05, 0.1) is 15.7 Å². The minimum Gasteiger partial charge on any atom is -0.242 e. The van der Waals surface area contributed by atoms with Crippen molar-refractivity contribution in [1.82, 2.24) is 4.72 Å². The number of hydrogen-bond donors (Lipinski definition) is 1. The second-order valence-corrected chi connectivity index (χ2v) is 7.09. The van der Waals surface area contributed by atoms with Crippen molar-refractivity contribution >= 4 is 22.6 Å². The topological polar surface area (TPSA) is 29.1 Å². The Kier molecular flexibility index (Phi) is 7.00. The predicted molar refractivity (Wildman–Crippen MR) is 65.0 cm³/mol. The minimum atomic E-state index is -0.946. The van der Waals surface area contributed by atoms with Crippen molar-refractivity contribution in [3.63, 3.8) is 0 Å². The van der Waals surface area contributed by atoms with E-state index in [1.807, 2.05) is 20.8 Å². The van der Waals surface area contributed by atoms with Crippen LogP contribution in [0.5, 0.6) is 0 Å². The van der Waals surface area contributed by atoms with Crippen LogP contribution in [0.2, 0.25) is 0 Å². The van der Waals surface area contributed by atoms with E-state index < -0.39 is 11.0 Å². The van der Waals surface area contributed by atoms with Gasteiger partial charge in [-0.15, -0.1) is 11.6 Å². The summed E-state index contributed by atoms with van der Waals surface area (Å²) in [5.41, 5.74) is 0. The average Bonchev–Trinajstić information content (AvgIpc) is 2.09. The van der Waals surface area contributed by atoms with E-state index in [-0.39, 0.29) is 4.75 Å². The van der Waals surface area contributed by atoms with Crippen molar-refractivity contribution in [2.24, 2.45) is 5.92 Å². The predicted octanol–water partition coefficient (Wildman–Crippen LogP) is 2.69. The fourth-order valence-corrected chi connectivity index (χ4v) is 1.99. The molecule has 0 fully saturated rings. The van der Waals surface area contributed by atoms with E-state index in [4.69, 9.17) is 11.6 Å². The molecule has 4 heteroatoms. The molecule has 2 nitrogen and oxygen atoms in total. The molecule has 0 aromatic carbocycles. The molecule has 0 spiro atoms. The number of nitrogens with one attached hydrogen (secondary N) is 1. The van der Waals surface area contributed by atoms with Gasteiger partial charge in [-0.05, 0) is 39.5 Å². The summed E-state index contributed by atoms with van der Waals surface area (Å²) in [7, 11) is -0.946. The summed E-state index contributed by atoms with van der Waals surface area (Å²) in [6, 6.07) is 0. The molecule has 0 unspecified atom stereocenters. The fraction of sp³-hybridized carbons (Fsp3) is 1.00. The molecule has 0 bridgehead atoms. The van der Waals surface area contributed by atoms with Crippen LogP contribution in [0.3, 0.4) is 0 Å². The summed E-state index contributed by atoms with van der Waals surface area (Å²) in [6.45, 7) is 8.87. The summed E-state index contributed by atoms with van der Waals surface area (Å²) in [5, 5.41) is 0. The van der Waals surface area contributed by atoms with Crippen LogP contribution in [-0.4, -0.2) is 21.4 Å². The molecule has 0 aliphatic carbocycles. The van der Waals surface area contributed by atoms with Crippen LogP contribution in [0.1, 0.15) is 40.5 Å². The Morgan fingerprint density at radius 3 is 2.43 bits per heavy atom. The summed E-state index contributed by atoms with van der Waals surface area (Å²) in [5.74, 6) is 1.26. The highest BCUT2D eigenvalue weighted by molar-refractivity contribution is 7.84. The first-order valence-corrected chi connectivity index (χ1v) is 6.77. The van der Waals surface area contributed by atoms with E-state index in [1.165, 1.54) is 0 Å². The highest BCUT2D eigenvalue weighted by Crippen LogP contribution is 2.10. The monoisotopic (exact) mass is 239 g/mol. The van der Waals surface area contributed by atoms with Gasteiger partial charge < -0.3 is 0 Å². The molecular formula is C10H22ClNOS. The summed E-state index contributed by atoms with van der Waals surface area (Å²) < 4.78 is 14.5. The fourth-order valence-electron chi connectivity index (χ4n) is 0.962.